The minimum atomic E-state index is 0.0319. The molecule has 2 heterocycles. The zero-order chi connectivity index (χ0) is 11.3. The highest BCUT2D eigenvalue weighted by atomic mass is 16.2. The van der Waals surface area contributed by atoms with E-state index in [2.05, 4.69) is 15.7 Å². The second kappa shape index (κ2) is 5.38. The van der Waals surface area contributed by atoms with E-state index in [4.69, 9.17) is 0 Å². The van der Waals surface area contributed by atoms with E-state index in [-0.39, 0.29) is 5.91 Å². The summed E-state index contributed by atoms with van der Waals surface area (Å²) >= 11 is 0. The number of anilines is 1. The monoisotopic (exact) mass is 210 g/mol. The average molecular weight is 210 g/mol. The number of aromatic nitrogens is 2. The van der Waals surface area contributed by atoms with Gasteiger partial charge in [0.25, 0.3) is 0 Å². The first-order valence-corrected chi connectivity index (χ1v) is 5.31. The molecule has 84 valence electrons. The van der Waals surface area contributed by atoms with Crippen molar-refractivity contribution < 1.29 is 4.79 Å². The summed E-state index contributed by atoms with van der Waals surface area (Å²) in [6.45, 7) is 5.03. The van der Waals surface area contributed by atoms with Crippen LogP contribution in [0.4, 0.5) is 5.82 Å². The predicted octanol–water partition coefficient (Wildman–Crippen LogP) is 0.623. The van der Waals surface area contributed by atoms with Crippen LogP contribution >= 0.6 is 0 Å². The molecular formula is C10H18N4O. The van der Waals surface area contributed by atoms with Gasteiger partial charge in [-0.1, -0.05) is 13.8 Å². The number of nitrogens with zero attached hydrogens (tertiary/aromatic N) is 2. The number of hydrogen-bond donors (Lipinski definition) is 2. The molecule has 0 fully saturated rings. The lowest BCUT2D eigenvalue weighted by Gasteiger charge is -1.98. The van der Waals surface area contributed by atoms with E-state index in [1.54, 1.807) is 4.68 Å². The largest absolute Gasteiger partial charge is 0.372 e. The smallest absolute Gasteiger partial charge is 0.241 e. The number of nitrogens with one attached hydrogen (secondary N) is 2. The summed E-state index contributed by atoms with van der Waals surface area (Å²) in [5.74, 6) is 0.856. The van der Waals surface area contributed by atoms with Crippen LogP contribution in [0.1, 0.15) is 19.5 Å². The zero-order valence-corrected chi connectivity index (χ0v) is 9.50. The van der Waals surface area contributed by atoms with Gasteiger partial charge in [0.05, 0.1) is 0 Å². The lowest BCUT2D eigenvalue weighted by Crippen LogP contribution is -2.25. The lowest BCUT2D eigenvalue weighted by atomic mass is 10.3. The van der Waals surface area contributed by atoms with E-state index in [0.29, 0.717) is 13.1 Å². The number of rotatable bonds is 1. The molecule has 1 aliphatic heterocycles. The molecule has 2 N–H and O–H groups in total. The summed E-state index contributed by atoms with van der Waals surface area (Å²) in [4.78, 5) is 11.2. The van der Waals surface area contributed by atoms with Gasteiger partial charge in [-0.05, 0) is 0 Å². The average Bonchev–Trinajstić information content (AvgIpc) is 2.56. The number of carbonyl (C=O) groups excluding carboxylic acids is 1. The van der Waals surface area contributed by atoms with E-state index in [1.807, 2.05) is 27.0 Å². The first-order chi connectivity index (χ1) is 7.29. The fourth-order valence-electron chi connectivity index (χ4n) is 1.44. The van der Waals surface area contributed by atoms with Gasteiger partial charge in [0.15, 0.2) is 0 Å². The Morgan fingerprint density at radius 2 is 2.27 bits per heavy atom. The Bertz CT molecular complexity index is 332. The molecule has 0 radical (unpaired) electrons. The lowest BCUT2D eigenvalue weighted by molar-refractivity contribution is -0.121. The molecule has 0 atom stereocenters. The van der Waals surface area contributed by atoms with Crippen LogP contribution in [0.15, 0.2) is 6.07 Å². The fourth-order valence-corrected chi connectivity index (χ4v) is 1.44. The minimum Gasteiger partial charge on any atom is -0.372 e. The maximum Gasteiger partial charge on any atom is 0.241 e. The molecule has 0 aliphatic carbocycles. The number of hydrogen-bond acceptors (Lipinski definition) is 3. The molecule has 0 saturated carbocycles. The maximum absolute atomic E-state index is 11.2. The molecule has 1 aliphatic rings. The maximum atomic E-state index is 11.2. The first kappa shape index (κ1) is 11.6. The molecule has 1 aromatic rings. The van der Waals surface area contributed by atoms with Crippen molar-refractivity contribution in [3.05, 3.63) is 11.8 Å². The molecule has 0 aromatic carbocycles. The number of amides is 1. The van der Waals surface area contributed by atoms with Crippen molar-refractivity contribution in [1.82, 2.24) is 15.1 Å². The third-order valence-corrected chi connectivity index (χ3v) is 2.12. The van der Waals surface area contributed by atoms with Crippen LogP contribution in [-0.2, 0) is 17.8 Å². The molecule has 15 heavy (non-hydrogen) atoms. The van der Waals surface area contributed by atoms with E-state index in [1.165, 1.54) is 0 Å². The third-order valence-electron chi connectivity index (χ3n) is 2.12. The van der Waals surface area contributed by atoms with Crippen LogP contribution in [0, 0.1) is 0 Å². The highest BCUT2D eigenvalue weighted by molar-refractivity contribution is 5.76. The van der Waals surface area contributed by atoms with Gasteiger partial charge in [-0.15, -0.1) is 0 Å². The Labute approximate surface area is 89.9 Å². The van der Waals surface area contributed by atoms with Crippen molar-refractivity contribution in [3.63, 3.8) is 0 Å². The highest BCUT2D eigenvalue weighted by Gasteiger charge is 2.14. The summed E-state index contributed by atoms with van der Waals surface area (Å²) in [5.41, 5.74) is 1.10. The van der Waals surface area contributed by atoms with Gasteiger partial charge in [0, 0.05) is 31.8 Å². The second-order valence-corrected chi connectivity index (χ2v) is 3.03. The Balaban J connectivity index is 0.000000531. The normalized spacial score (nSPS) is 14.2. The Morgan fingerprint density at radius 3 is 2.93 bits per heavy atom. The van der Waals surface area contributed by atoms with Crippen LogP contribution in [0.2, 0.25) is 0 Å². The van der Waals surface area contributed by atoms with Gasteiger partial charge < -0.3 is 10.6 Å². The summed E-state index contributed by atoms with van der Waals surface area (Å²) in [6.07, 6.45) is 0.848. The van der Waals surface area contributed by atoms with Gasteiger partial charge in [-0.25, -0.2) is 0 Å². The molecular weight excluding hydrogens is 192 g/mol. The van der Waals surface area contributed by atoms with Gasteiger partial charge in [0.2, 0.25) is 5.91 Å². The summed E-state index contributed by atoms with van der Waals surface area (Å²) in [6, 6.07) is 1.97. The van der Waals surface area contributed by atoms with Gasteiger partial charge in [-0.3, -0.25) is 9.48 Å². The van der Waals surface area contributed by atoms with Crippen molar-refractivity contribution in [2.24, 2.45) is 0 Å². The van der Waals surface area contributed by atoms with Crippen LogP contribution in [-0.4, -0.2) is 29.3 Å². The summed E-state index contributed by atoms with van der Waals surface area (Å²) in [7, 11) is 1.82. The van der Waals surface area contributed by atoms with Crippen LogP contribution < -0.4 is 10.6 Å². The predicted molar refractivity (Wildman–Crippen MR) is 59.8 cm³/mol. The molecule has 1 aromatic heterocycles. The van der Waals surface area contributed by atoms with Crippen molar-refractivity contribution in [1.29, 1.82) is 0 Å². The molecule has 0 spiro atoms. The first-order valence-electron chi connectivity index (χ1n) is 5.31. The second-order valence-electron chi connectivity index (χ2n) is 3.03. The molecule has 0 unspecified atom stereocenters. The highest BCUT2D eigenvalue weighted by Crippen LogP contribution is 2.10. The molecule has 0 bridgehead atoms. The summed E-state index contributed by atoms with van der Waals surface area (Å²) < 4.78 is 1.74. The van der Waals surface area contributed by atoms with Crippen LogP contribution in [0.3, 0.4) is 0 Å². The van der Waals surface area contributed by atoms with Gasteiger partial charge in [0.1, 0.15) is 12.4 Å². The zero-order valence-electron chi connectivity index (χ0n) is 9.50. The van der Waals surface area contributed by atoms with Crippen molar-refractivity contribution in [2.75, 3.05) is 18.9 Å². The Kier molecular flexibility index (Phi) is 4.15. The fraction of sp³-hybridized carbons (Fsp3) is 0.600. The van der Waals surface area contributed by atoms with E-state index in [9.17, 15) is 4.79 Å². The molecule has 0 saturated heterocycles. The van der Waals surface area contributed by atoms with Gasteiger partial charge >= 0.3 is 0 Å². The van der Waals surface area contributed by atoms with Gasteiger partial charge in [-0.2, -0.15) is 5.10 Å². The Hall–Kier alpha value is -1.52. The minimum absolute atomic E-state index is 0.0319. The number of carbonyl (C=O) groups is 1. The Morgan fingerprint density at radius 1 is 1.53 bits per heavy atom. The van der Waals surface area contributed by atoms with E-state index >= 15 is 0 Å². The standard InChI is InChI=1S/C8H12N4O.C2H6/c1-9-7-4-6-2-3-10-8(13)5-12(6)11-7;1-2/h4H,2-3,5H2,1H3,(H,9,11)(H,10,13);1-2H3. The van der Waals surface area contributed by atoms with Crippen molar-refractivity contribution in [2.45, 2.75) is 26.8 Å². The molecule has 2 rings (SSSR count). The SMILES string of the molecule is CC.CNc1cc2n(n1)CC(=O)NCC2. The molecule has 1 amide bonds. The van der Waals surface area contributed by atoms with Crippen molar-refractivity contribution >= 4 is 11.7 Å². The molecule has 5 nitrogen and oxygen atoms in total. The number of fused-ring (bicyclic) bond motifs is 1. The van der Waals surface area contributed by atoms with Crippen molar-refractivity contribution in [3.8, 4) is 0 Å². The van der Waals surface area contributed by atoms with E-state index < -0.39 is 0 Å². The topological polar surface area (TPSA) is 59.0 Å². The third kappa shape index (κ3) is 2.71. The van der Waals surface area contributed by atoms with E-state index in [0.717, 1.165) is 17.9 Å². The van der Waals surface area contributed by atoms with Crippen LogP contribution in [0.5, 0.6) is 0 Å². The quantitative estimate of drug-likeness (QED) is 0.714. The molecule has 5 heteroatoms. The van der Waals surface area contributed by atoms with Crippen LogP contribution in [0.25, 0.3) is 0 Å². The summed E-state index contributed by atoms with van der Waals surface area (Å²) in [5, 5.41) is 9.98.